The van der Waals surface area contributed by atoms with E-state index >= 15 is 0 Å². The summed E-state index contributed by atoms with van der Waals surface area (Å²) >= 11 is 0. The maximum absolute atomic E-state index is 5.50. The highest BCUT2D eigenvalue weighted by Gasteiger charge is 2.31. The fourth-order valence-corrected chi connectivity index (χ4v) is 3.22. The third-order valence-corrected chi connectivity index (χ3v) is 4.67. The molecule has 1 aromatic rings. The smallest absolute Gasteiger partial charge is 0.231 e. The lowest BCUT2D eigenvalue weighted by atomic mass is 9.83. The zero-order valence-electron chi connectivity index (χ0n) is 11.4. The molecule has 0 bridgehead atoms. The van der Waals surface area contributed by atoms with E-state index in [1.807, 2.05) is 0 Å². The van der Waals surface area contributed by atoms with Crippen LogP contribution in [0.15, 0.2) is 4.52 Å². The molecular formula is C14H23N3O. The van der Waals surface area contributed by atoms with Crippen LogP contribution < -0.4 is 5.32 Å². The van der Waals surface area contributed by atoms with Crippen LogP contribution in [0, 0.1) is 11.8 Å². The molecule has 2 unspecified atom stereocenters. The van der Waals surface area contributed by atoms with Gasteiger partial charge in [0.25, 0.3) is 0 Å². The predicted molar refractivity (Wildman–Crippen MR) is 69.4 cm³/mol. The fourth-order valence-electron chi connectivity index (χ4n) is 3.22. The first-order valence-electron chi connectivity index (χ1n) is 7.28. The number of hydrogen-bond donors (Lipinski definition) is 1. The lowest BCUT2D eigenvalue weighted by molar-refractivity contribution is 0.315. The van der Waals surface area contributed by atoms with Crippen LogP contribution in [0.1, 0.15) is 63.1 Å². The molecule has 2 fully saturated rings. The zero-order valence-corrected chi connectivity index (χ0v) is 11.4. The van der Waals surface area contributed by atoms with E-state index in [2.05, 4.69) is 29.3 Å². The third-order valence-electron chi connectivity index (χ3n) is 4.67. The molecule has 1 aliphatic heterocycles. The quantitative estimate of drug-likeness (QED) is 0.875. The predicted octanol–water partition coefficient (Wildman–Crippen LogP) is 2.69. The Morgan fingerprint density at radius 2 is 1.89 bits per heavy atom. The minimum atomic E-state index is 0.411. The van der Waals surface area contributed by atoms with E-state index < -0.39 is 0 Å². The molecule has 0 aromatic carbocycles. The van der Waals surface area contributed by atoms with Crippen molar-refractivity contribution in [3.8, 4) is 0 Å². The van der Waals surface area contributed by atoms with Gasteiger partial charge >= 0.3 is 0 Å². The molecule has 0 spiro atoms. The summed E-state index contributed by atoms with van der Waals surface area (Å²) in [5.74, 6) is 4.21. The molecule has 1 aliphatic carbocycles. The topological polar surface area (TPSA) is 51.0 Å². The van der Waals surface area contributed by atoms with E-state index in [0.717, 1.165) is 30.7 Å². The van der Waals surface area contributed by atoms with Crippen LogP contribution in [0.4, 0.5) is 0 Å². The molecule has 0 radical (unpaired) electrons. The van der Waals surface area contributed by atoms with Crippen LogP contribution >= 0.6 is 0 Å². The SMILES string of the molecule is CC1CCC(c2noc(C3CNCC3C)n2)CC1. The average Bonchev–Trinajstić information content (AvgIpc) is 2.98. The van der Waals surface area contributed by atoms with Crippen molar-refractivity contribution in [2.75, 3.05) is 13.1 Å². The van der Waals surface area contributed by atoms with Gasteiger partial charge in [0.05, 0.1) is 5.92 Å². The lowest BCUT2D eigenvalue weighted by Gasteiger charge is -2.23. The van der Waals surface area contributed by atoms with E-state index in [1.165, 1.54) is 25.7 Å². The largest absolute Gasteiger partial charge is 0.339 e. The highest BCUT2D eigenvalue weighted by Crippen LogP contribution is 2.35. The van der Waals surface area contributed by atoms with Crippen LogP contribution in [0.5, 0.6) is 0 Å². The second-order valence-electron chi connectivity index (χ2n) is 6.19. The molecule has 3 rings (SSSR count). The first-order valence-corrected chi connectivity index (χ1v) is 7.28. The summed E-state index contributed by atoms with van der Waals surface area (Å²) in [5.41, 5.74) is 0. The second-order valence-corrected chi connectivity index (χ2v) is 6.19. The summed E-state index contributed by atoms with van der Waals surface area (Å²) in [6, 6.07) is 0. The Morgan fingerprint density at radius 3 is 2.56 bits per heavy atom. The van der Waals surface area contributed by atoms with Crippen molar-refractivity contribution >= 4 is 0 Å². The van der Waals surface area contributed by atoms with Gasteiger partial charge in [0.15, 0.2) is 5.82 Å². The fraction of sp³-hybridized carbons (Fsp3) is 0.857. The van der Waals surface area contributed by atoms with Crippen LogP contribution in [-0.4, -0.2) is 23.2 Å². The summed E-state index contributed by atoms with van der Waals surface area (Å²) < 4.78 is 5.50. The van der Waals surface area contributed by atoms with Gasteiger partial charge in [-0.2, -0.15) is 4.98 Å². The van der Waals surface area contributed by atoms with E-state index in [0.29, 0.717) is 17.8 Å². The van der Waals surface area contributed by atoms with Crippen molar-refractivity contribution in [3.63, 3.8) is 0 Å². The Kier molecular flexibility index (Phi) is 3.37. The summed E-state index contributed by atoms with van der Waals surface area (Å²) in [5, 5.41) is 7.62. The first kappa shape index (κ1) is 12.2. The summed E-state index contributed by atoms with van der Waals surface area (Å²) in [6.07, 6.45) is 5.04. The molecule has 2 heterocycles. The summed E-state index contributed by atoms with van der Waals surface area (Å²) in [6.45, 7) is 6.62. The monoisotopic (exact) mass is 249 g/mol. The maximum atomic E-state index is 5.50. The van der Waals surface area contributed by atoms with Crippen molar-refractivity contribution in [3.05, 3.63) is 11.7 Å². The molecule has 18 heavy (non-hydrogen) atoms. The molecular weight excluding hydrogens is 226 g/mol. The van der Waals surface area contributed by atoms with E-state index in [9.17, 15) is 0 Å². The maximum Gasteiger partial charge on any atom is 0.231 e. The normalized spacial score (nSPS) is 37.0. The molecule has 2 atom stereocenters. The Balaban J connectivity index is 1.69. The molecule has 4 heteroatoms. The molecule has 1 aromatic heterocycles. The molecule has 2 aliphatic rings. The molecule has 4 nitrogen and oxygen atoms in total. The average molecular weight is 249 g/mol. The minimum absolute atomic E-state index is 0.411. The van der Waals surface area contributed by atoms with Crippen molar-refractivity contribution in [2.45, 2.75) is 51.4 Å². The molecule has 100 valence electrons. The number of aromatic nitrogens is 2. The van der Waals surface area contributed by atoms with Gasteiger partial charge < -0.3 is 9.84 Å². The van der Waals surface area contributed by atoms with Gasteiger partial charge in [-0.15, -0.1) is 0 Å². The van der Waals surface area contributed by atoms with Crippen molar-refractivity contribution in [1.29, 1.82) is 0 Å². The van der Waals surface area contributed by atoms with Crippen LogP contribution in [0.2, 0.25) is 0 Å². The van der Waals surface area contributed by atoms with E-state index in [4.69, 9.17) is 4.52 Å². The van der Waals surface area contributed by atoms with E-state index in [1.54, 1.807) is 0 Å². The third kappa shape index (κ3) is 2.30. The standard InChI is InChI=1S/C14H23N3O/c1-9-3-5-11(6-4-9)13-16-14(18-17-13)12-8-15-7-10(12)2/h9-12,15H,3-8H2,1-2H3. The van der Waals surface area contributed by atoms with Crippen LogP contribution in [-0.2, 0) is 0 Å². The van der Waals surface area contributed by atoms with Gasteiger partial charge in [-0.25, -0.2) is 0 Å². The Morgan fingerprint density at radius 1 is 1.11 bits per heavy atom. The van der Waals surface area contributed by atoms with Crippen molar-refractivity contribution in [1.82, 2.24) is 15.5 Å². The zero-order chi connectivity index (χ0) is 12.5. The Hall–Kier alpha value is -0.900. The van der Waals surface area contributed by atoms with Crippen molar-refractivity contribution < 1.29 is 4.52 Å². The highest BCUT2D eigenvalue weighted by atomic mass is 16.5. The number of hydrogen-bond acceptors (Lipinski definition) is 4. The van der Waals surface area contributed by atoms with Gasteiger partial charge in [-0.1, -0.05) is 31.8 Å². The number of nitrogens with one attached hydrogen (secondary N) is 1. The molecule has 0 amide bonds. The van der Waals surface area contributed by atoms with Gasteiger partial charge in [0, 0.05) is 12.5 Å². The Bertz CT molecular complexity index is 395. The van der Waals surface area contributed by atoms with Gasteiger partial charge in [-0.05, 0) is 31.2 Å². The number of rotatable bonds is 2. The van der Waals surface area contributed by atoms with Crippen LogP contribution in [0.3, 0.4) is 0 Å². The summed E-state index contributed by atoms with van der Waals surface area (Å²) in [7, 11) is 0. The Labute approximate surface area is 109 Å². The van der Waals surface area contributed by atoms with Crippen LogP contribution in [0.25, 0.3) is 0 Å². The second kappa shape index (κ2) is 5.00. The first-order chi connectivity index (χ1) is 8.74. The molecule has 1 saturated carbocycles. The van der Waals surface area contributed by atoms with E-state index in [-0.39, 0.29) is 0 Å². The molecule has 1 saturated heterocycles. The summed E-state index contributed by atoms with van der Waals surface area (Å²) in [4.78, 5) is 4.67. The van der Waals surface area contributed by atoms with Gasteiger partial charge in [0.2, 0.25) is 5.89 Å². The molecule has 1 N–H and O–H groups in total. The van der Waals surface area contributed by atoms with Gasteiger partial charge in [-0.3, -0.25) is 0 Å². The number of nitrogens with zero attached hydrogens (tertiary/aromatic N) is 2. The van der Waals surface area contributed by atoms with Gasteiger partial charge in [0.1, 0.15) is 0 Å². The minimum Gasteiger partial charge on any atom is -0.339 e. The van der Waals surface area contributed by atoms with Crippen molar-refractivity contribution in [2.24, 2.45) is 11.8 Å². The lowest BCUT2D eigenvalue weighted by Crippen LogP contribution is -2.12. The highest BCUT2D eigenvalue weighted by molar-refractivity contribution is 5.04.